The zero-order valence-corrected chi connectivity index (χ0v) is 6.85. The summed E-state index contributed by atoms with van der Waals surface area (Å²) in [6, 6.07) is 0. The molecule has 0 nitrogen and oxygen atoms in total. The summed E-state index contributed by atoms with van der Waals surface area (Å²) in [5, 5.41) is 0. The molecular formula is C9H18. The summed E-state index contributed by atoms with van der Waals surface area (Å²) >= 11 is 0. The monoisotopic (exact) mass is 126 g/mol. The van der Waals surface area contributed by atoms with Gasteiger partial charge < -0.3 is 0 Å². The molecule has 0 saturated heterocycles. The van der Waals surface area contributed by atoms with Crippen molar-refractivity contribution >= 4 is 0 Å². The van der Waals surface area contributed by atoms with Crippen molar-refractivity contribution in [2.24, 2.45) is 17.8 Å². The topological polar surface area (TPSA) is 0 Å². The average Bonchev–Trinajstić information content (AvgIpc) is 2.12. The molecule has 0 radical (unpaired) electrons. The van der Waals surface area contributed by atoms with Crippen LogP contribution in [-0.2, 0) is 0 Å². The van der Waals surface area contributed by atoms with Gasteiger partial charge in [-0.3, -0.25) is 0 Å². The lowest BCUT2D eigenvalue weighted by molar-refractivity contribution is 0.336. The minimum Gasteiger partial charge on any atom is -0.0651 e. The van der Waals surface area contributed by atoms with E-state index in [4.69, 9.17) is 0 Å². The van der Waals surface area contributed by atoms with Gasteiger partial charge in [-0.15, -0.1) is 0 Å². The minimum atomic E-state index is 1.00. The van der Waals surface area contributed by atoms with Gasteiger partial charge >= 0.3 is 0 Å². The Morgan fingerprint density at radius 1 is 1.11 bits per heavy atom. The van der Waals surface area contributed by atoms with E-state index < -0.39 is 0 Å². The Bertz CT molecular complexity index is 76.0. The van der Waals surface area contributed by atoms with Crippen molar-refractivity contribution in [3.05, 3.63) is 0 Å². The largest absolute Gasteiger partial charge is 0.0651 e. The Kier molecular flexibility index (Phi) is 2.15. The normalized spacial score (nSPS) is 37.7. The smallest absolute Gasteiger partial charge is 0.0365 e. The number of rotatable bonds is 1. The van der Waals surface area contributed by atoms with E-state index in [0.29, 0.717) is 0 Å². The molecule has 0 heterocycles. The summed E-state index contributed by atoms with van der Waals surface area (Å²) in [5.74, 6) is 3.04. The molecule has 0 aliphatic heterocycles. The summed E-state index contributed by atoms with van der Waals surface area (Å²) in [5.41, 5.74) is 0. The Hall–Kier alpha value is 0. The molecule has 0 unspecified atom stereocenters. The molecule has 1 fully saturated rings. The van der Waals surface area contributed by atoms with Crippen molar-refractivity contribution in [2.75, 3.05) is 0 Å². The average molecular weight is 126 g/mol. The lowest BCUT2D eigenvalue weighted by atomic mass is 9.89. The van der Waals surface area contributed by atoms with Gasteiger partial charge in [0.25, 0.3) is 0 Å². The highest BCUT2D eigenvalue weighted by Gasteiger charge is 2.27. The highest BCUT2D eigenvalue weighted by Crippen LogP contribution is 2.38. The van der Waals surface area contributed by atoms with Gasteiger partial charge in [0.05, 0.1) is 0 Å². The van der Waals surface area contributed by atoms with Crippen molar-refractivity contribution in [3.63, 3.8) is 0 Å². The van der Waals surface area contributed by atoms with E-state index in [2.05, 4.69) is 20.8 Å². The first-order valence-electron chi connectivity index (χ1n) is 4.25. The fourth-order valence-electron chi connectivity index (χ4n) is 2.32. The van der Waals surface area contributed by atoms with E-state index in [9.17, 15) is 0 Å². The van der Waals surface area contributed by atoms with Crippen LogP contribution < -0.4 is 0 Å². The van der Waals surface area contributed by atoms with Crippen molar-refractivity contribution in [1.29, 1.82) is 0 Å². The van der Waals surface area contributed by atoms with Gasteiger partial charge in [0.1, 0.15) is 0 Å². The maximum Gasteiger partial charge on any atom is -0.0365 e. The number of hydrogen-bond donors (Lipinski definition) is 0. The maximum atomic E-state index is 2.40. The van der Waals surface area contributed by atoms with E-state index in [-0.39, 0.29) is 0 Å². The molecule has 0 amide bonds. The van der Waals surface area contributed by atoms with Crippen LogP contribution in [0.25, 0.3) is 0 Å². The van der Waals surface area contributed by atoms with Crippen LogP contribution in [0.5, 0.6) is 0 Å². The first kappa shape index (κ1) is 7.11. The highest BCUT2D eigenvalue weighted by atomic mass is 14.3. The Morgan fingerprint density at radius 2 is 1.56 bits per heavy atom. The van der Waals surface area contributed by atoms with E-state index in [1.807, 2.05) is 0 Å². The third-order valence-electron chi connectivity index (χ3n) is 3.01. The minimum absolute atomic E-state index is 1.00. The van der Waals surface area contributed by atoms with E-state index in [1.165, 1.54) is 19.3 Å². The van der Waals surface area contributed by atoms with Crippen molar-refractivity contribution in [2.45, 2.75) is 40.0 Å². The second kappa shape index (κ2) is 2.72. The standard InChI is InChI=1S/C9H18/c1-4-9-7(2)5-6-8(9)3/h7-9H,4-6H2,1-3H3/t7-,8-/m1/s1. The molecule has 1 saturated carbocycles. The Balaban J connectivity index is 2.44. The first-order chi connectivity index (χ1) is 4.25. The van der Waals surface area contributed by atoms with Crippen LogP contribution >= 0.6 is 0 Å². The molecular weight excluding hydrogens is 108 g/mol. The summed E-state index contributed by atoms with van der Waals surface area (Å²) in [4.78, 5) is 0. The van der Waals surface area contributed by atoms with Gasteiger partial charge in [0.15, 0.2) is 0 Å². The molecule has 0 aromatic heterocycles. The van der Waals surface area contributed by atoms with Crippen molar-refractivity contribution in [1.82, 2.24) is 0 Å². The van der Waals surface area contributed by atoms with Gasteiger partial charge in [-0.1, -0.05) is 40.0 Å². The summed E-state index contributed by atoms with van der Waals surface area (Å²) < 4.78 is 0. The number of hydrogen-bond acceptors (Lipinski definition) is 0. The fourth-order valence-corrected chi connectivity index (χ4v) is 2.32. The molecule has 0 N–H and O–H groups in total. The summed E-state index contributed by atoms with van der Waals surface area (Å²) in [6.45, 7) is 7.12. The van der Waals surface area contributed by atoms with Crippen LogP contribution in [0, 0.1) is 17.8 Å². The van der Waals surface area contributed by atoms with Crippen LogP contribution in [0.4, 0.5) is 0 Å². The molecule has 1 aliphatic carbocycles. The lowest BCUT2D eigenvalue weighted by Gasteiger charge is -2.16. The van der Waals surface area contributed by atoms with E-state index in [0.717, 1.165) is 17.8 Å². The third-order valence-corrected chi connectivity index (χ3v) is 3.01. The first-order valence-corrected chi connectivity index (χ1v) is 4.25. The molecule has 0 aromatic carbocycles. The van der Waals surface area contributed by atoms with Crippen LogP contribution in [0.3, 0.4) is 0 Å². The Labute approximate surface area is 58.7 Å². The quantitative estimate of drug-likeness (QED) is 0.506. The maximum absolute atomic E-state index is 2.40. The highest BCUT2D eigenvalue weighted by molar-refractivity contribution is 4.78. The van der Waals surface area contributed by atoms with Crippen LogP contribution in [-0.4, -0.2) is 0 Å². The molecule has 1 rings (SSSR count). The molecule has 0 heteroatoms. The van der Waals surface area contributed by atoms with Gasteiger partial charge in [-0.25, -0.2) is 0 Å². The Morgan fingerprint density at radius 3 is 1.78 bits per heavy atom. The predicted octanol–water partition coefficient (Wildman–Crippen LogP) is 3.08. The molecule has 0 bridgehead atoms. The SMILES string of the molecule is CCC1[C@H](C)CC[C@H]1C. The zero-order chi connectivity index (χ0) is 6.85. The van der Waals surface area contributed by atoms with Crippen molar-refractivity contribution < 1.29 is 0 Å². The zero-order valence-electron chi connectivity index (χ0n) is 6.85. The van der Waals surface area contributed by atoms with Gasteiger partial charge in [0, 0.05) is 0 Å². The van der Waals surface area contributed by atoms with Gasteiger partial charge in [-0.05, 0) is 17.8 Å². The molecule has 0 spiro atoms. The van der Waals surface area contributed by atoms with E-state index in [1.54, 1.807) is 0 Å². The van der Waals surface area contributed by atoms with Crippen molar-refractivity contribution in [3.8, 4) is 0 Å². The second-order valence-electron chi connectivity index (χ2n) is 3.60. The molecule has 2 atom stereocenters. The molecule has 9 heavy (non-hydrogen) atoms. The van der Waals surface area contributed by atoms with Crippen LogP contribution in [0.1, 0.15) is 40.0 Å². The summed E-state index contributed by atoms with van der Waals surface area (Å²) in [6.07, 6.45) is 4.34. The molecule has 1 aliphatic rings. The predicted molar refractivity (Wildman–Crippen MR) is 41.3 cm³/mol. The van der Waals surface area contributed by atoms with Crippen LogP contribution in [0.15, 0.2) is 0 Å². The van der Waals surface area contributed by atoms with Gasteiger partial charge in [0.2, 0.25) is 0 Å². The molecule has 0 aromatic rings. The second-order valence-corrected chi connectivity index (χ2v) is 3.60. The van der Waals surface area contributed by atoms with Gasteiger partial charge in [-0.2, -0.15) is 0 Å². The molecule has 54 valence electrons. The van der Waals surface area contributed by atoms with E-state index >= 15 is 0 Å². The van der Waals surface area contributed by atoms with Crippen LogP contribution in [0.2, 0.25) is 0 Å². The fraction of sp³-hybridized carbons (Fsp3) is 1.00. The summed E-state index contributed by atoms with van der Waals surface area (Å²) in [7, 11) is 0. The third kappa shape index (κ3) is 1.28. The lowest BCUT2D eigenvalue weighted by Crippen LogP contribution is -2.08.